The first-order valence-corrected chi connectivity index (χ1v) is 9.26. The highest BCUT2D eigenvalue weighted by molar-refractivity contribution is 5.97. The monoisotopic (exact) mass is 383 g/mol. The van der Waals surface area contributed by atoms with Crippen molar-refractivity contribution in [2.75, 3.05) is 18.5 Å². The average Bonchev–Trinajstić information content (AvgIpc) is 2.67. The van der Waals surface area contributed by atoms with Crippen molar-refractivity contribution in [3.05, 3.63) is 53.6 Å². The molecule has 0 fully saturated rings. The van der Waals surface area contributed by atoms with Crippen LogP contribution in [0.25, 0.3) is 0 Å². The summed E-state index contributed by atoms with van der Waals surface area (Å²) in [5.74, 6) is 0.261. The Kier molecular flexibility index (Phi) is 5.58. The molecule has 0 saturated heterocycles. The van der Waals surface area contributed by atoms with E-state index in [9.17, 15) is 9.59 Å². The Morgan fingerprint density at radius 1 is 1.00 bits per heavy atom. The molecule has 0 aromatic heterocycles. The molecule has 1 N–H and O–H groups in total. The number of hydrogen-bond acceptors (Lipinski definition) is 5. The number of carbonyl (C=O) groups is 2. The van der Waals surface area contributed by atoms with E-state index in [0.29, 0.717) is 36.0 Å². The molecule has 1 amide bonds. The van der Waals surface area contributed by atoms with Crippen molar-refractivity contribution in [3.8, 4) is 11.5 Å². The molecule has 0 bridgehead atoms. The molecule has 0 aliphatic carbocycles. The molecular formula is C22H25NO5. The Morgan fingerprint density at radius 3 is 2.29 bits per heavy atom. The third-order valence-electron chi connectivity index (χ3n) is 4.45. The molecule has 2 aromatic carbocycles. The van der Waals surface area contributed by atoms with E-state index in [0.717, 1.165) is 5.56 Å². The van der Waals surface area contributed by atoms with E-state index in [-0.39, 0.29) is 5.41 Å². The van der Waals surface area contributed by atoms with Gasteiger partial charge in [0, 0.05) is 11.8 Å². The number of benzene rings is 2. The van der Waals surface area contributed by atoms with Crippen LogP contribution in [-0.4, -0.2) is 31.2 Å². The SMILES string of the molecule is C[C@@H](OC(=O)c1ccc(C(C)(C)C)cc1)C(=O)Nc1ccc2c(c1)OCCO2. The largest absolute Gasteiger partial charge is 0.486 e. The normalized spacial score (nSPS) is 14.1. The molecule has 6 nitrogen and oxygen atoms in total. The number of amides is 1. The van der Waals surface area contributed by atoms with Crippen LogP contribution in [0.3, 0.4) is 0 Å². The minimum Gasteiger partial charge on any atom is -0.486 e. The van der Waals surface area contributed by atoms with Crippen molar-refractivity contribution in [2.45, 2.75) is 39.2 Å². The second-order valence-corrected chi connectivity index (χ2v) is 7.72. The van der Waals surface area contributed by atoms with Crippen molar-refractivity contribution in [1.29, 1.82) is 0 Å². The summed E-state index contributed by atoms with van der Waals surface area (Å²) in [6.07, 6.45) is -0.942. The first-order chi connectivity index (χ1) is 13.2. The second kappa shape index (κ2) is 7.92. The molecule has 28 heavy (non-hydrogen) atoms. The number of anilines is 1. The molecule has 1 heterocycles. The van der Waals surface area contributed by atoms with E-state index in [1.54, 1.807) is 30.3 Å². The zero-order chi connectivity index (χ0) is 20.3. The van der Waals surface area contributed by atoms with E-state index in [1.165, 1.54) is 6.92 Å². The number of nitrogens with one attached hydrogen (secondary N) is 1. The summed E-state index contributed by atoms with van der Waals surface area (Å²) in [6, 6.07) is 12.4. The van der Waals surface area contributed by atoms with Gasteiger partial charge in [-0.25, -0.2) is 4.79 Å². The number of rotatable bonds is 4. The van der Waals surface area contributed by atoms with Gasteiger partial charge < -0.3 is 19.5 Å². The topological polar surface area (TPSA) is 73.9 Å². The molecule has 0 saturated carbocycles. The first kappa shape index (κ1) is 19.7. The van der Waals surface area contributed by atoms with Crippen LogP contribution >= 0.6 is 0 Å². The Labute approximate surface area is 164 Å². The van der Waals surface area contributed by atoms with Crippen LogP contribution < -0.4 is 14.8 Å². The molecule has 1 aliphatic rings. The third-order valence-corrected chi connectivity index (χ3v) is 4.45. The van der Waals surface area contributed by atoms with E-state index in [4.69, 9.17) is 14.2 Å². The first-order valence-electron chi connectivity index (χ1n) is 9.26. The maximum Gasteiger partial charge on any atom is 0.338 e. The predicted molar refractivity (Wildman–Crippen MR) is 106 cm³/mol. The molecule has 0 unspecified atom stereocenters. The van der Waals surface area contributed by atoms with Gasteiger partial charge in [0.1, 0.15) is 13.2 Å². The zero-order valence-electron chi connectivity index (χ0n) is 16.6. The van der Waals surface area contributed by atoms with E-state index in [2.05, 4.69) is 26.1 Å². The summed E-state index contributed by atoms with van der Waals surface area (Å²) in [5, 5.41) is 2.73. The molecule has 3 rings (SSSR count). The lowest BCUT2D eigenvalue weighted by atomic mass is 9.87. The van der Waals surface area contributed by atoms with Crippen molar-refractivity contribution < 1.29 is 23.8 Å². The van der Waals surface area contributed by atoms with Crippen molar-refractivity contribution in [1.82, 2.24) is 0 Å². The van der Waals surface area contributed by atoms with Gasteiger partial charge in [-0.3, -0.25) is 4.79 Å². The lowest BCUT2D eigenvalue weighted by molar-refractivity contribution is -0.123. The van der Waals surface area contributed by atoms with Crippen LogP contribution in [0.1, 0.15) is 43.6 Å². The Bertz CT molecular complexity index is 867. The molecule has 2 aromatic rings. The summed E-state index contributed by atoms with van der Waals surface area (Å²) in [6.45, 7) is 8.81. The van der Waals surface area contributed by atoms with E-state index in [1.807, 2.05) is 12.1 Å². The van der Waals surface area contributed by atoms with Gasteiger partial charge in [0.25, 0.3) is 5.91 Å². The number of carbonyl (C=O) groups excluding carboxylic acids is 2. The molecular weight excluding hydrogens is 358 g/mol. The average molecular weight is 383 g/mol. The number of esters is 1. The zero-order valence-corrected chi connectivity index (χ0v) is 16.6. The Balaban J connectivity index is 1.60. The number of hydrogen-bond donors (Lipinski definition) is 1. The van der Waals surface area contributed by atoms with Gasteiger partial charge in [-0.1, -0.05) is 32.9 Å². The Morgan fingerprint density at radius 2 is 1.64 bits per heavy atom. The quantitative estimate of drug-likeness (QED) is 0.810. The van der Waals surface area contributed by atoms with Crippen LogP contribution in [0.15, 0.2) is 42.5 Å². The van der Waals surface area contributed by atoms with Gasteiger partial charge in [-0.2, -0.15) is 0 Å². The van der Waals surface area contributed by atoms with Crippen LogP contribution in [-0.2, 0) is 14.9 Å². The third kappa shape index (κ3) is 4.63. The summed E-state index contributed by atoms with van der Waals surface area (Å²) in [4.78, 5) is 24.7. The smallest absolute Gasteiger partial charge is 0.338 e. The highest BCUT2D eigenvalue weighted by Gasteiger charge is 2.21. The lowest BCUT2D eigenvalue weighted by Gasteiger charge is -2.20. The van der Waals surface area contributed by atoms with Gasteiger partial charge in [-0.15, -0.1) is 0 Å². The maximum absolute atomic E-state index is 12.4. The second-order valence-electron chi connectivity index (χ2n) is 7.72. The molecule has 0 radical (unpaired) electrons. The number of ether oxygens (including phenoxy) is 3. The van der Waals surface area contributed by atoms with Gasteiger partial charge in [0.2, 0.25) is 0 Å². The van der Waals surface area contributed by atoms with Crippen molar-refractivity contribution in [3.63, 3.8) is 0 Å². The minimum atomic E-state index is -0.942. The van der Waals surface area contributed by atoms with Crippen LogP contribution in [0, 0.1) is 0 Å². The fourth-order valence-corrected chi connectivity index (χ4v) is 2.75. The van der Waals surface area contributed by atoms with Gasteiger partial charge in [0.05, 0.1) is 5.56 Å². The Hall–Kier alpha value is -3.02. The fourth-order valence-electron chi connectivity index (χ4n) is 2.75. The predicted octanol–water partition coefficient (Wildman–Crippen LogP) is 3.94. The molecule has 148 valence electrons. The van der Waals surface area contributed by atoms with Crippen LogP contribution in [0.2, 0.25) is 0 Å². The van der Waals surface area contributed by atoms with Gasteiger partial charge >= 0.3 is 5.97 Å². The van der Waals surface area contributed by atoms with Crippen molar-refractivity contribution in [2.24, 2.45) is 0 Å². The van der Waals surface area contributed by atoms with Crippen LogP contribution in [0.5, 0.6) is 11.5 Å². The van der Waals surface area contributed by atoms with E-state index >= 15 is 0 Å². The van der Waals surface area contributed by atoms with E-state index < -0.39 is 18.0 Å². The lowest BCUT2D eigenvalue weighted by Crippen LogP contribution is -2.30. The molecule has 1 aliphatic heterocycles. The fraction of sp³-hybridized carbons (Fsp3) is 0.364. The summed E-state index contributed by atoms with van der Waals surface area (Å²) in [7, 11) is 0. The standard InChI is InChI=1S/C22H25NO5/c1-14(28-21(25)15-5-7-16(8-6-15)22(2,3)4)20(24)23-17-9-10-18-19(13-17)27-12-11-26-18/h5-10,13-14H,11-12H2,1-4H3,(H,23,24)/t14-/m1/s1. The highest BCUT2D eigenvalue weighted by atomic mass is 16.6. The number of fused-ring (bicyclic) bond motifs is 1. The van der Waals surface area contributed by atoms with Crippen LogP contribution in [0.4, 0.5) is 5.69 Å². The summed E-state index contributed by atoms with van der Waals surface area (Å²) >= 11 is 0. The van der Waals surface area contributed by atoms with Crippen molar-refractivity contribution >= 4 is 17.6 Å². The molecule has 6 heteroatoms. The molecule has 1 atom stereocenters. The maximum atomic E-state index is 12.4. The highest BCUT2D eigenvalue weighted by Crippen LogP contribution is 2.32. The summed E-state index contributed by atoms with van der Waals surface area (Å²) < 4.78 is 16.3. The minimum absolute atomic E-state index is 0.000751. The molecule has 0 spiro atoms. The van der Waals surface area contributed by atoms with Gasteiger partial charge in [-0.05, 0) is 42.2 Å². The summed E-state index contributed by atoms with van der Waals surface area (Å²) in [5.41, 5.74) is 2.08. The van der Waals surface area contributed by atoms with Gasteiger partial charge in [0.15, 0.2) is 17.6 Å².